The van der Waals surface area contributed by atoms with Crippen LogP contribution in [0.2, 0.25) is 10.0 Å². The van der Waals surface area contributed by atoms with Crippen molar-refractivity contribution in [1.82, 2.24) is 0 Å². The van der Waals surface area contributed by atoms with Crippen molar-refractivity contribution >= 4 is 64.3 Å². The van der Waals surface area contributed by atoms with Gasteiger partial charge in [-0.1, -0.05) is 88.2 Å². The second-order valence-corrected chi connectivity index (χ2v) is 11.7. The Bertz CT molecular complexity index is 931. The Morgan fingerprint density at radius 1 is 1.08 bits per heavy atom. The van der Waals surface area contributed by atoms with Gasteiger partial charge in [0.2, 0.25) is 0 Å². The van der Waals surface area contributed by atoms with Gasteiger partial charge < -0.3 is 15.3 Å². The van der Waals surface area contributed by atoms with Gasteiger partial charge in [-0.2, -0.15) is 0 Å². The van der Waals surface area contributed by atoms with Crippen molar-refractivity contribution in [2.45, 2.75) is 104 Å². The molecule has 1 aliphatic carbocycles. The summed E-state index contributed by atoms with van der Waals surface area (Å²) in [5.41, 5.74) is 3.84. The van der Waals surface area contributed by atoms with Crippen molar-refractivity contribution in [2.75, 3.05) is 0 Å². The Hall–Kier alpha value is -0.490. The van der Waals surface area contributed by atoms with Gasteiger partial charge in [-0.25, -0.2) is 4.79 Å². The van der Waals surface area contributed by atoms with Gasteiger partial charge in [0.25, 0.3) is 0 Å². The Morgan fingerprint density at radius 3 is 2.22 bits per heavy atom. The van der Waals surface area contributed by atoms with Crippen LogP contribution in [0.3, 0.4) is 0 Å². The Morgan fingerprint density at radius 2 is 1.69 bits per heavy atom. The third kappa shape index (κ3) is 9.67. The van der Waals surface area contributed by atoms with E-state index in [2.05, 4.69) is 27.7 Å². The molecule has 36 heavy (non-hydrogen) atoms. The van der Waals surface area contributed by atoms with Crippen molar-refractivity contribution < 1.29 is 20.1 Å². The average Bonchev–Trinajstić information content (AvgIpc) is 2.76. The minimum atomic E-state index is -1.22. The molecule has 0 saturated heterocycles. The van der Waals surface area contributed by atoms with Gasteiger partial charge in [0.15, 0.2) is 0 Å². The first-order valence-corrected chi connectivity index (χ1v) is 13.7. The summed E-state index contributed by atoms with van der Waals surface area (Å²) in [6, 6.07) is 5.87. The van der Waals surface area contributed by atoms with Crippen LogP contribution in [0.25, 0.3) is 5.57 Å². The molecule has 0 saturated carbocycles. The number of aliphatic hydroxyl groups is 2. The molecule has 0 heterocycles. The van der Waals surface area contributed by atoms with E-state index in [9.17, 15) is 15.0 Å². The van der Waals surface area contributed by atoms with Gasteiger partial charge in [0.1, 0.15) is 5.76 Å². The van der Waals surface area contributed by atoms with Crippen LogP contribution in [0.15, 0.2) is 35.6 Å². The fourth-order valence-corrected chi connectivity index (χ4v) is 6.18. The molecule has 0 amide bonds. The predicted molar refractivity (Wildman–Crippen MR) is 153 cm³/mol. The van der Waals surface area contributed by atoms with Crippen molar-refractivity contribution in [2.24, 2.45) is 10.8 Å². The number of carboxylic acid groups (broad SMARTS) is 1. The maximum atomic E-state index is 10.8. The Kier molecular flexibility index (Phi) is 14.2. The molecule has 0 fully saturated rings. The molecule has 1 aromatic rings. The summed E-state index contributed by atoms with van der Waals surface area (Å²) >= 11 is 12.7. The fourth-order valence-electron chi connectivity index (χ4n) is 5.88. The number of allylic oxidation sites excluding steroid dienone is 2. The van der Waals surface area contributed by atoms with E-state index in [4.69, 9.17) is 28.3 Å². The zero-order chi connectivity index (χ0) is 26.2. The predicted octanol–water partition coefficient (Wildman–Crippen LogP) is 8.34. The van der Waals surface area contributed by atoms with Gasteiger partial charge in [0, 0.05) is 6.42 Å². The first kappa shape index (κ1) is 33.5. The topological polar surface area (TPSA) is 77.8 Å². The van der Waals surface area contributed by atoms with Crippen LogP contribution in [0, 0.1) is 10.8 Å². The van der Waals surface area contributed by atoms with Crippen molar-refractivity contribution in [1.29, 1.82) is 0 Å². The van der Waals surface area contributed by atoms with Gasteiger partial charge in [-0.15, -0.1) is 0 Å². The number of halogens is 2. The monoisotopic (exact) mass is 548 g/mol. The Balaban J connectivity index is 0.00000648. The molecule has 3 N–H and O–H groups in total. The molecule has 0 aromatic heterocycles. The molecule has 1 aliphatic rings. The third-order valence-corrected chi connectivity index (χ3v) is 8.14. The quantitative estimate of drug-likeness (QED) is 0.131. The minimum absolute atomic E-state index is 0. The number of hydrogen-bond donors (Lipinski definition) is 3. The average molecular weight is 550 g/mol. The van der Waals surface area contributed by atoms with Gasteiger partial charge in [-0.3, -0.25) is 0 Å². The van der Waals surface area contributed by atoms with Crippen LogP contribution in [-0.4, -0.2) is 57.0 Å². The molecular weight excluding hydrogens is 506 g/mol. The standard InChI is InChI=1S/C29H42Cl2O4.Na.H/c1-5-7-13-29(14-8-6-2)18-23(20-9-12-25(30)26(31)15-20)24(28(3,4)19-29)11-10-21(32)16-22(33)17-27(34)35;;/h9,12,15,17,21,32-33H,5-8,10-11,13-14,16,18-19H2,1-4H3,(H,34,35);;/b22-17-;;. The number of aliphatic hydroxyl groups excluding tert-OH is 2. The number of aliphatic carboxylic acids is 1. The molecule has 0 spiro atoms. The molecular formula is C29H43Cl2NaO4. The summed E-state index contributed by atoms with van der Waals surface area (Å²) in [5, 5.41) is 30.3. The van der Waals surface area contributed by atoms with Crippen LogP contribution in [-0.2, 0) is 4.79 Å². The summed E-state index contributed by atoms with van der Waals surface area (Å²) < 4.78 is 0. The number of hydrogen-bond acceptors (Lipinski definition) is 3. The van der Waals surface area contributed by atoms with E-state index in [0.717, 1.165) is 24.5 Å². The summed E-state index contributed by atoms with van der Waals surface area (Å²) in [6.45, 7) is 9.11. The summed E-state index contributed by atoms with van der Waals surface area (Å²) in [4.78, 5) is 10.8. The first-order chi connectivity index (χ1) is 16.4. The number of unbranched alkanes of at least 4 members (excludes halogenated alkanes) is 2. The molecule has 0 bridgehead atoms. The second kappa shape index (κ2) is 15.2. The zero-order valence-electron chi connectivity index (χ0n) is 21.7. The van der Waals surface area contributed by atoms with Crippen LogP contribution in [0.1, 0.15) is 104 Å². The van der Waals surface area contributed by atoms with Crippen molar-refractivity contribution in [3.8, 4) is 0 Å². The van der Waals surface area contributed by atoms with E-state index in [1.54, 1.807) is 0 Å². The van der Waals surface area contributed by atoms with Gasteiger partial charge >= 0.3 is 35.5 Å². The van der Waals surface area contributed by atoms with E-state index in [1.165, 1.54) is 49.7 Å². The molecule has 1 unspecified atom stereocenters. The molecule has 1 atom stereocenters. The van der Waals surface area contributed by atoms with Gasteiger partial charge in [0.05, 0.1) is 22.2 Å². The maximum absolute atomic E-state index is 10.8. The fraction of sp³-hybridized carbons (Fsp3) is 0.621. The Labute approximate surface area is 249 Å². The third-order valence-electron chi connectivity index (χ3n) is 7.40. The normalized spacial score (nSPS) is 18.0. The SMILES string of the molecule is CCCCC1(CCCC)CC(c2ccc(Cl)c(Cl)c2)=C(CCC(O)C/C(O)=C/C(=O)O)C(C)(C)C1.[NaH]. The van der Waals surface area contributed by atoms with Crippen LogP contribution < -0.4 is 0 Å². The molecule has 0 radical (unpaired) electrons. The van der Waals surface area contributed by atoms with E-state index in [1.807, 2.05) is 18.2 Å². The first-order valence-electron chi connectivity index (χ1n) is 12.9. The summed E-state index contributed by atoms with van der Waals surface area (Å²) in [6.07, 6.45) is 10.2. The molecule has 1 aromatic carbocycles. The number of benzene rings is 1. The second-order valence-electron chi connectivity index (χ2n) is 10.9. The summed E-state index contributed by atoms with van der Waals surface area (Å²) in [5.74, 6) is -1.53. The van der Waals surface area contributed by atoms with Crippen molar-refractivity contribution in [3.05, 3.63) is 51.2 Å². The number of carboxylic acids is 1. The van der Waals surface area contributed by atoms with Crippen LogP contribution in [0.4, 0.5) is 0 Å². The molecule has 7 heteroatoms. The summed E-state index contributed by atoms with van der Waals surface area (Å²) in [7, 11) is 0. The molecule has 0 aliphatic heterocycles. The molecule has 4 nitrogen and oxygen atoms in total. The van der Waals surface area contributed by atoms with E-state index < -0.39 is 12.1 Å². The van der Waals surface area contributed by atoms with Crippen LogP contribution in [0.5, 0.6) is 0 Å². The van der Waals surface area contributed by atoms with Gasteiger partial charge in [-0.05, 0) is 72.6 Å². The zero-order valence-corrected chi connectivity index (χ0v) is 23.2. The molecule has 2 rings (SSSR count). The molecule has 198 valence electrons. The van der Waals surface area contributed by atoms with Crippen LogP contribution >= 0.6 is 23.2 Å². The number of rotatable bonds is 13. The van der Waals surface area contributed by atoms with E-state index >= 15 is 0 Å². The van der Waals surface area contributed by atoms with E-state index in [-0.39, 0.29) is 52.6 Å². The van der Waals surface area contributed by atoms with E-state index in [0.29, 0.717) is 22.9 Å². The van der Waals surface area contributed by atoms with Crippen molar-refractivity contribution in [3.63, 3.8) is 0 Å². The number of carbonyl (C=O) groups is 1.